The third kappa shape index (κ3) is 6.31. The van der Waals surface area contributed by atoms with E-state index < -0.39 is 5.97 Å². The van der Waals surface area contributed by atoms with Gasteiger partial charge in [-0.05, 0) is 37.0 Å². The minimum atomic E-state index is -0.719. The number of hydrogen-bond donors (Lipinski definition) is 1. The average Bonchev–Trinajstić information content (AvgIpc) is 2.33. The molecule has 0 radical (unpaired) electrons. The van der Waals surface area contributed by atoms with Crippen LogP contribution in [-0.2, 0) is 11.2 Å². The largest absolute Gasteiger partial charge is 0.493 e. The lowest BCUT2D eigenvalue weighted by Gasteiger charge is -2.05. The van der Waals surface area contributed by atoms with E-state index in [1.807, 2.05) is 24.3 Å². The predicted molar refractivity (Wildman–Crippen MR) is 70.9 cm³/mol. The van der Waals surface area contributed by atoms with E-state index in [0.29, 0.717) is 6.61 Å². The molecule has 0 spiro atoms. The molecule has 17 heavy (non-hydrogen) atoms. The summed E-state index contributed by atoms with van der Waals surface area (Å²) in [6.07, 6.45) is 2.82. The number of carbonyl (C=O) groups is 1. The Balaban J connectivity index is 2.27. The number of benzene rings is 1. The number of aliphatic carboxylic acids is 1. The van der Waals surface area contributed by atoms with Crippen LogP contribution in [-0.4, -0.2) is 23.0 Å². The van der Waals surface area contributed by atoms with E-state index in [0.717, 1.165) is 30.3 Å². The fourth-order valence-electron chi connectivity index (χ4n) is 1.51. The van der Waals surface area contributed by atoms with Gasteiger partial charge >= 0.3 is 5.97 Å². The zero-order chi connectivity index (χ0) is 12.5. The molecule has 0 saturated carbocycles. The molecule has 1 N–H and O–H groups in total. The Morgan fingerprint density at radius 3 is 2.53 bits per heavy atom. The first kappa shape index (κ1) is 14.0. The van der Waals surface area contributed by atoms with Crippen LogP contribution in [0.5, 0.6) is 5.75 Å². The van der Waals surface area contributed by atoms with Crippen LogP contribution in [0.1, 0.15) is 24.8 Å². The summed E-state index contributed by atoms with van der Waals surface area (Å²) in [5, 5.41) is 9.33. The van der Waals surface area contributed by atoms with Crippen molar-refractivity contribution in [3.8, 4) is 5.75 Å². The molecule has 3 nitrogen and oxygen atoms in total. The van der Waals surface area contributed by atoms with Crippen molar-refractivity contribution < 1.29 is 14.6 Å². The summed E-state index contributed by atoms with van der Waals surface area (Å²) in [5.74, 6) is 0.155. The Kier molecular flexibility index (Phi) is 6.70. The van der Waals surface area contributed by atoms with Crippen LogP contribution in [0.2, 0.25) is 0 Å². The van der Waals surface area contributed by atoms with Gasteiger partial charge in [0.15, 0.2) is 0 Å². The maximum absolute atomic E-state index is 10.3. The molecule has 0 aliphatic heterocycles. The molecule has 0 saturated heterocycles. The lowest BCUT2D eigenvalue weighted by atomic mass is 10.1. The molecule has 0 heterocycles. The number of rotatable bonds is 8. The number of alkyl halides is 1. The van der Waals surface area contributed by atoms with Gasteiger partial charge in [0.2, 0.25) is 0 Å². The van der Waals surface area contributed by atoms with Gasteiger partial charge in [0, 0.05) is 11.8 Å². The molecule has 0 unspecified atom stereocenters. The topological polar surface area (TPSA) is 46.5 Å². The van der Waals surface area contributed by atoms with E-state index in [9.17, 15) is 4.79 Å². The zero-order valence-electron chi connectivity index (χ0n) is 9.69. The molecule has 0 amide bonds. The summed E-state index contributed by atoms with van der Waals surface area (Å²) in [7, 11) is 0. The highest BCUT2D eigenvalue weighted by Gasteiger charge is 1.98. The Morgan fingerprint density at radius 1 is 1.24 bits per heavy atom. The second-order valence-corrected chi connectivity index (χ2v) is 4.58. The monoisotopic (exact) mass is 300 g/mol. The first-order valence-corrected chi connectivity index (χ1v) is 6.84. The van der Waals surface area contributed by atoms with Crippen molar-refractivity contribution in [2.75, 3.05) is 11.9 Å². The minimum absolute atomic E-state index is 0.256. The molecule has 0 aliphatic rings. The van der Waals surface area contributed by atoms with Crippen molar-refractivity contribution in [2.24, 2.45) is 0 Å². The smallest absolute Gasteiger partial charge is 0.303 e. The first-order chi connectivity index (χ1) is 8.22. The van der Waals surface area contributed by atoms with Gasteiger partial charge in [-0.2, -0.15) is 0 Å². The number of unbranched alkanes of at least 4 members (excludes halogenated alkanes) is 1. The summed E-state index contributed by atoms with van der Waals surface area (Å²) < 4.78 is 5.44. The Bertz CT molecular complexity index is 335. The molecule has 1 aromatic carbocycles. The van der Waals surface area contributed by atoms with Crippen molar-refractivity contribution in [1.29, 1.82) is 0 Å². The van der Waals surface area contributed by atoms with Gasteiger partial charge in [-0.25, -0.2) is 0 Å². The Labute approximate surface area is 110 Å². The number of carboxylic acids is 1. The van der Waals surface area contributed by atoms with Gasteiger partial charge < -0.3 is 9.84 Å². The lowest BCUT2D eigenvalue weighted by Crippen LogP contribution is -1.98. The fourth-order valence-corrected chi connectivity index (χ4v) is 1.68. The lowest BCUT2D eigenvalue weighted by molar-refractivity contribution is -0.137. The molecular formula is C13H17BrO3. The van der Waals surface area contributed by atoms with Crippen LogP contribution in [0, 0.1) is 0 Å². The van der Waals surface area contributed by atoms with Crippen molar-refractivity contribution >= 4 is 21.9 Å². The summed E-state index contributed by atoms with van der Waals surface area (Å²) >= 11 is 3.30. The summed E-state index contributed by atoms with van der Waals surface area (Å²) in [6.45, 7) is 0.665. The molecule has 94 valence electrons. The van der Waals surface area contributed by atoms with Crippen LogP contribution in [0.4, 0.5) is 0 Å². The van der Waals surface area contributed by atoms with Crippen LogP contribution in [0.3, 0.4) is 0 Å². The van der Waals surface area contributed by atoms with Gasteiger partial charge in [0.25, 0.3) is 0 Å². The van der Waals surface area contributed by atoms with E-state index in [-0.39, 0.29) is 6.42 Å². The number of carboxylic acid groups (broad SMARTS) is 1. The number of ether oxygens (including phenoxy) is 1. The minimum Gasteiger partial charge on any atom is -0.493 e. The molecule has 1 aromatic rings. The second kappa shape index (κ2) is 8.12. The number of hydrogen-bond acceptors (Lipinski definition) is 2. The van der Waals surface area contributed by atoms with Gasteiger partial charge in [-0.1, -0.05) is 28.1 Å². The van der Waals surface area contributed by atoms with Crippen LogP contribution in [0.25, 0.3) is 0 Å². The third-order valence-corrected chi connectivity index (χ3v) is 2.70. The van der Waals surface area contributed by atoms with E-state index in [4.69, 9.17) is 9.84 Å². The molecule has 0 bridgehead atoms. The fraction of sp³-hybridized carbons (Fsp3) is 0.462. The molecule has 1 rings (SSSR count). The quantitative estimate of drug-likeness (QED) is 0.592. The van der Waals surface area contributed by atoms with Gasteiger partial charge in [0.05, 0.1) is 6.61 Å². The van der Waals surface area contributed by atoms with E-state index in [2.05, 4.69) is 15.9 Å². The standard InChI is InChI=1S/C13H17BrO3/c14-9-10-17-12-7-5-11(6-8-12)3-1-2-4-13(15)16/h5-8H,1-4,9-10H2,(H,15,16). The van der Waals surface area contributed by atoms with Crippen LogP contribution < -0.4 is 4.74 Å². The molecule has 0 aliphatic carbocycles. The molecule has 0 atom stereocenters. The molecule has 0 aromatic heterocycles. The normalized spacial score (nSPS) is 10.2. The molecule has 4 heteroatoms. The van der Waals surface area contributed by atoms with Gasteiger partial charge in [-0.3, -0.25) is 4.79 Å². The van der Waals surface area contributed by atoms with Gasteiger partial charge in [0.1, 0.15) is 5.75 Å². The number of aryl methyl sites for hydroxylation is 1. The highest BCUT2D eigenvalue weighted by molar-refractivity contribution is 9.09. The maximum atomic E-state index is 10.3. The van der Waals surface area contributed by atoms with Gasteiger partial charge in [-0.15, -0.1) is 0 Å². The number of halogens is 1. The van der Waals surface area contributed by atoms with Crippen molar-refractivity contribution in [3.05, 3.63) is 29.8 Å². The van der Waals surface area contributed by atoms with Crippen molar-refractivity contribution in [1.82, 2.24) is 0 Å². The Morgan fingerprint density at radius 2 is 1.94 bits per heavy atom. The zero-order valence-corrected chi connectivity index (χ0v) is 11.3. The highest BCUT2D eigenvalue weighted by atomic mass is 79.9. The third-order valence-electron chi connectivity index (χ3n) is 2.38. The van der Waals surface area contributed by atoms with Crippen molar-refractivity contribution in [2.45, 2.75) is 25.7 Å². The SMILES string of the molecule is O=C(O)CCCCc1ccc(OCCBr)cc1. The summed E-state index contributed by atoms with van der Waals surface area (Å²) in [5.41, 5.74) is 1.22. The van der Waals surface area contributed by atoms with E-state index in [1.54, 1.807) is 0 Å². The van der Waals surface area contributed by atoms with E-state index in [1.165, 1.54) is 5.56 Å². The molecule has 0 fully saturated rings. The van der Waals surface area contributed by atoms with E-state index >= 15 is 0 Å². The molecular weight excluding hydrogens is 284 g/mol. The summed E-state index contributed by atoms with van der Waals surface area (Å²) in [4.78, 5) is 10.3. The van der Waals surface area contributed by atoms with Crippen molar-refractivity contribution in [3.63, 3.8) is 0 Å². The Hall–Kier alpha value is -1.03. The average molecular weight is 301 g/mol. The van der Waals surface area contributed by atoms with Crippen LogP contribution in [0.15, 0.2) is 24.3 Å². The predicted octanol–water partition coefficient (Wildman–Crippen LogP) is 3.26. The summed E-state index contributed by atoms with van der Waals surface area (Å²) in [6, 6.07) is 7.97. The second-order valence-electron chi connectivity index (χ2n) is 3.78. The first-order valence-electron chi connectivity index (χ1n) is 5.72. The maximum Gasteiger partial charge on any atom is 0.303 e. The highest BCUT2D eigenvalue weighted by Crippen LogP contribution is 2.14. The van der Waals surface area contributed by atoms with Crippen LogP contribution >= 0.6 is 15.9 Å².